The minimum atomic E-state index is -4.01. The molecule has 1 aliphatic heterocycles. The quantitative estimate of drug-likeness (QED) is 0.291. The number of ether oxygens (including phenoxy) is 2. The van der Waals surface area contributed by atoms with Crippen LogP contribution in [0.25, 0.3) is 0 Å². The van der Waals surface area contributed by atoms with Gasteiger partial charge in [-0.05, 0) is 94.6 Å². The minimum Gasteiger partial charge on any atom is -0.490 e. The fourth-order valence-corrected chi connectivity index (χ4v) is 7.88. The van der Waals surface area contributed by atoms with Crippen LogP contribution in [-0.2, 0) is 24.8 Å². The van der Waals surface area contributed by atoms with E-state index in [4.69, 9.17) is 21.1 Å². The maximum absolute atomic E-state index is 14.4. The average molecular weight is 736 g/mol. The van der Waals surface area contributed by atoms with Crippen molar-refractivity contribution in [3.8, 4) is 5.75 Å². The van der Waals surface area contributed by atoms with Crippen molar-refractivity contribution in [2.45, 2.75) is 75.0 Å². The number of sulfonamides is 2. The van der Waals surface area contributed by atoms with E-state index in [2.05, 4.69) is 4.72 Å². The SMILES string of the molecule is Cc1ccc(S(=O)(=O)N(C)C[C@@H]2OCCCC[C@H](C)Oc3ccc(NS(=O)(=O)c4ccc(Cl)cc4)cc3C(=O)N([C@H](C)CO)C[C@H]2C)cc1. The molecule has 4 atom stereocenters. The molecule has 0 spiro atoms. The third-order valence-corrected chi connectivity index (χ3v) is 12.1. The normalized spacial score (nSPS) is 20.6. The number of anilines is 1. The van der Waals surface area contributed by atoms with Crippen LogP contribution in [0.2, 0.25) is 5.02 Å². The average Bonchev–Trinajstić information content (AvgIpc) is 3.06. The van der Waals surface area contributed by atoms with Crippen LogP contribution in [0.1, 0.15) is 56.0 Å². The van der Waals surface area contributed by atoms with E-state index in [1.54, 1.807) is 37.3 Å². The van der Waals surface area contributed by atoms with Gasteiger partial charge in [-0.1, -0.05) is 36.2 Å². The Morgan fingerprint density at radius 1 is 1.00 bits per heavy atom. The Hall–Kier alpha value is -3.20. The summed E-state index contributed by atoms with van der Waals surface area (Å²) in [5.41, 5.74) is 1.21. The van der Waals surface area contributed by atoms with Crippen molar-refractivity contribution in [1.82, 2.24) is 9.21 Å². The van der Waals surface area contributed by atoms with Gasteiger partial charge < -0.3 is 19.5 Å². The van der Waals surface area contributed by atoms with Gasteiger partial charge in [0, 0.05) is 43.4 Å². The molecule has 2 N–H and O–H groups in total. The van der Waals surface area contributed by atoms with Crippen LogP contribution < -0.4 is 9.46 Å². The van der Waals surface area contributed by atoms with Crippen LogP contribution >= 0.6 is 11.6 Å². The van der Waals surface area contributed by atoms with Gasteiger partial charge in [-0.25, -0.2) is 16.8 Å². The highest BCUT2D eigenvalue weighted by molar-refractivity contribution is 7.92. The molecule has 0 bridgehead atoms. The molecular formula is C35H46ClN3O8S2. The summed E-state index contributed by atoms with van der Waals surface area (Å²) in [6.07, 6.45) is 1.26. The van der Waals surface area contributed by atoms with E-state index in [0.29, 0.717) is 24.5 Å². The zero-order valence-corrected chi connectivity index (χ0v) is 30.9. The fraction of sp³-hybridized carbons (Fsp3) is 0.457. The summed E-state index contributed by atoms with van der Waals surface area (Å²) in [5, 5.41) is 10.6. The lowest BCUT2D eigenvalue weighted by Crippen LogP contribution is -2.48. The van der Waals surface area contributed by atoms with Crippen LogP contribution in [0.4, 0.5) is 5.69 Å². The molecule has 1 heterocycles. The van der Waals surface area contributed by atoms with Gasteiger partial charge in [0.15, 0.2) is 0 Å². The Morgan fingerprint density at radius 2 is 1.65 bits per heavy atom. The van der Waals surface area contributed by atoms with Gasteiger partial charge in [0.2, 0.25) is 10.0 Å². The number of carbonyl (C=O) groups excluding carboxylic acids is 1. The lowest BCUT2D eigenvalue weighted by molar-refractivity contribution is -0.00833. The Balaban J connectivity index is 1.67. The molecule has 3 aromatic rings. The van der Waals surface area contributed by atoms with Crippen molar-refractivity contribution >= 4 is 43.2 Å². The van der Waals surface area contributed by atoms with E-state index >= 15 is 0 Å². The summed E-state index contributed by atoms with van der Waals surface area (Å²) in [6, 6.07) is 16.2. The standard InChI is InChI=1S/C35H46ClN3O8S2/c1-24-9-14-31(15-10-24)49(44,45)38(5)22-34-25(2)21-39(26(3)23-40)35(41)32-20-29(37-48(42,43)30-16-11-28(36)12-17-30)13-18-33(32)47-27(4)8-6-7-19-46-34/h9-18,20,25-27,34,37,40H,6-8,19,21-23H2,1-5H3/t25-,26-,27+,34+/m1/s1. The highest BCUT2D eigenvalue weighted by Gasteiger charge is 2.32. The maximum atomic E-state index is 14.4. The smallest absolute Gasteiger partial charge is 0.261 e. The second-order valence-electron chi connectivity index (χ2n) is 12.7. The first-order valence-corrected chi connectivity index (χ1v) is 19.6. The Labute approximate surface area is 295 Å². The van der Waals surface area contributed by atoms with Crippen molar-refractivity contribution in [2.75, 3.05) is 38.1 Å². The summed E-state index contributed by atoms with van der Waals surface area (Å²) in [5.74, 6) is -0.574. The second-order valence-corrected chi connectivity index (χ2v) is 16.8. The number of aliphatic hydroxyl groups excluding tert-OH is 1. The molecule has 0 fully saturated rings. The number of hydrogen-bond acceptors (Lipinski definition) is 8. The van der Waals surface area contributed by atoms with Crippen molar-refractivity contribution in [2.24, 2.45) is 5.92 Å². The number of carbonyl (C=O) groups is 1. The highest BCUT2D eigenvalue weighted by Crippen LogP contribution is 2.30. The van der Waals surface area contributed by atoms with Crippen molar-refractivity contribution < 1.29 is 36.2 Å². The Morgan fingerprint density at radius 3 is 2.31 bits per heavy atom. The molecule has 14 heteroatoms. The zero-order valence-electron chi connectivity index (χ0n) is 28.5. The van der Waals surface area contributed by atoms with E-state index in [9.17, 15) is 26.7 Å². The molecular weight excluding hydrogens is 690 g/mol. The number of nitrogens with one attached hydrogen (secondary N) is 1. The topological polar surface area (TPSA) is 143 Å². The molecule has 268 valence electrons. The number of halogens is 1. The van der Waals surface area contributed by atoms with E-state index in [1.807, 2.05) is 20.8 Å². The van der Waals surface area contributed by atoms with Gasteiger partial charge >= 0.3 is 0 Å². The van der Waals surface area contributed by atoms with Crippen LogP contribution in [0, 0.1) is 12.8 Å². The first-order chi connectivity index (χ1) is 23.1. The minimum absolute atomic E-state index is 0.00191. The molecule has 0 aromatic heterocycles. The molecule has 0 saturated heterocycles. The van der Waals surface area contributed by atoms with Crippen LogP contribution in [-0.4, -0.2) is 88.7 Å². The van der Waals surface area contributed by atoms with Gasteiger partial charge in [-0.3, -0.25) is 9.52 Å². The first kappa shape index (κ1) is 38.6. The summed E-state index contributed by atoms with van der Waals surface area (Å²) < 4.78 is 69.6. The number of likely N-dealkylation sites (N-methyl/N-ethyl adjacent to an activating group) is 1. The molecule has 0 unspecified atom stereocenters. The molecule has 0 saturated carbocycles. The molecule has 49 heavy (non-hydrogen) atoms. The molecule has 3 aromatic carbocycles. The lowest BCUT2D eigenvalue weighted by atomic mass is 10.0. The second kappa shape index (κ2) is 16.7. The van der Waals surface area contributed by atoms with Gasteiger partial charge in [-0.2, -0.15) is 4.31 Å². The lowest BCUT2D eigenvalue weighted by Gasteiger charge is -2.35. The van der Waals surface area contributed by atoms with Crippen LogP contribution in [0.15, 0.2) is 76.5 Å². The number of nitrogens with zero attached hydrogens (tertiary/aromatic N) is 2. The predicted octanol–water partition coefficient (Wildman–Crippen LogP) is 5.57. The zero-order chi connectivity index (χ0) is 35.9. The van der Waals surface area contributed by atoms with Crippen LogP contribution in [0.5, 0.6) is 5.75 Å². The third-order valence-electron chi connectivity index (χ3n) is 8.59. The van der Waals surface area contributed by atoms with Gasteiger partial charge in [0.1, 0.15) is 5.75 Å². The van der Waals surface area contributed by atoms with Gasteiger partial charge in [0.05, 0.1) is 40.2 Å². The monoisotopic (exact) mass is 735 g/mol. The highest BCUT2D eigenvalue weighted by atomic mass is 35.5. The number of aliphatic hydroxyl groups is 1. The summed E-state index contributed by atoms with van der Waals surface area (Å²) in [7, 11) is -6.32. The molecule has 4 rings (SSSR count). The first-order valence-electron chi connectivity index (χ1n) is 16.3. The molecule has 0 radical (unpaired) electrons. The summed E-state index contributed by atoms with van der Waals surface area (Å²) in [6.45, 7) is 7.55. The van der Waals surface area contributed by atoms with Gasteiger partial charge in [-0.15, -0.1) is 0 Å². The van der Waals surface area contributed by atoms with Crippen molar-refractivity contribution in [1.29, 1.82) is 0 Å². The third kappa shape index (κ3) is 9.95. The summed E-state index contributed by atoms with van der Waals surface area (Å²) >= 11 is 5.94. The molecule has 1 amide bonds. The maximum Gasteiger partial charge on any atom is 0.261 e. The number of benzene rings is 3. The molecule has 1 aliphatic rings. The largest absolute Gasteiger partial charge is 0.490 e. The Bertz CT molecular complexity index is 1790. The summed E-state index contributed by atoms with van der Waals surface area (Å²) in [4.78, 5) is 16.0. The number of hydrogen-bond donors (Lipinski definition) is 2. The van der Waals surface area contributed by atoms with Crippen molar-refractivity contribution in [3.63, 3.8) is 0 Å². The predicted molar refractivity (Wildman–Crippen MR) is 190 cm³/mol. The van der Waals surface area contributed by atoms with Crippen LogP contribution in [0.3, 0.4) is 0 Å². The fourth-order valence-electron chi connectivity index (χ4n) is 5.52. The van der Waals surface area contributed by atoms with E-state index in [-0.39, 0.29) is 58.5 Å². The van der Waals surface area contributed by atoms with E-state index in [0.717, 1.165) is 12.0 Å². The van der Waals surface area contributed by atoms with Crippen molar-refractivity contribution in [3.05, 3.63) is 82.9 Å². The molecule has 11 nitrogen and oxygen atoms in total. The Kier molecular flexibility index (Phi) is 13.1. The number of aryl methyl sites for hydroxylation is 1. The van der Waals surface area contributed by atoms with E-state index < -0.39 is 38.1 Å². The number of rotatable bonds is 9. The number of fused-ring (bicyclic) bond motifs is 1. The number of amides is 1. The van der Waals surface area contributed by atoms with Gasteiger partial charge in [0.25, 0.3) is 15.9 Å². The van der Waals surface area contributed by atoms with E-state index in [1.165, 1.54) is 52.7 Å². The molecule has 0 aliphatic carbocycles.